The fraction of sp³-hybridized carbons (Fsp3) is 0.357. The number of ketones is 1. The van der Waals surface area contributed by atoms with E-state index in [9.17, 15) is 14.4 Å². The molecule has 0 radical (unpaired) electrons. The van der Waals surface area contributed by atoms with Gasteiger partial charge in [-0.05, 0) is 12.0 Å². The Labute approximate surface area is 111 Å². The maximum absolute atomic E-state index is 12.0. The molecule has 0 saturated carbocycles. The van der Waals surface area contributed by atoms with Gasteiger partial charge in [0.1, 0.15) is 0 Å². The average Bonchev–Trinajstić information content (AvgIpc) is 2.37. The van der Waals surface area contributed by atoms with E-state index in [1.54, 1.807) is 17.0 Å². The fourth-order valence-corrected chi connectivity index (χ4v) is 2.03. The number of hydrogen-bond acceptors (Lipinski definition) is 4. The van der Waals surface area contributed by atoms with Crippen LogP contribution in [0.4, 0.5) is 0 Å². The molecule has 1 aromatic rings. The highest BCUT2D eigenvalue weighted by molar-refractivity contribution is 6.01. The zero-order valence-corrected chi connectivity index (χ0v) is 10.8. The van der Waals surface area contributed by atoms with Crippen molar-refractivity contribution in [2.24, 2.45) is 0 Å². The molecule has 1 N–H and O–H groups in total. The lowest BCUT2D eigenvalue weighted by atomic mass is 10.1. The van der Waals surface area contributed by atoms with E-state index >= 15 is 0 Å². The number of rotatable bonds is 4. The third-order valence-corrected chi connectivity index (χ3v) is 3.06. The van der Waals surface area contributed by atoms with Crippen LogP contribution < -0.4 is 5.32 Å². The highest BCUT2D eigenvalue weighted by Crippen LogP contribution is 2.07. The van der Waals surface area contributed by atoms with Gasteiger partial charge < -0.3 is 0 Å². The molecule has 1 aliphatic heterocycles. The minimum Gasteiger partial charge on any atom is -0.294 e. The zero-order chi connectivity index (χ0) is 13.8. The van der Waals surface area contributed by atoms with E-state index in [0.29, 0.717) is 5.56 Å². The first-order valence-electron chi connectivity index (χ1n) is 6.25. The third-order valence-electron chi connectivity index (χ3n) is 3.06. The molecule has 2 rings (SSSR count). The van der Waals surface area contributed by atoms with Gasteiger partial charge >= 0.3 is 0 Å². The van der Waals surface area contributed by atoms with Crippen molar-refractivity contribution in [1.29, 1.82) is 0 Å². The van der Waals surface area contributed by atoms with Crippen LogP contribution in [0, 0.1) is 0 Å². The molecule has 0 aliphatic carbocycles. The van der Waals surface area contributed by atoms with Crippen molar-refractivity contribution >= 4 is 17.6 Å². The Bertz CT molecular complexity index is 492. The number of imide groups is 1. The lowest BCUT2D eigenvalue weighted by Crippen LogP contribution is -2.52. The highest BCUT2D eigenvalue weighted by atomic mass is 16.2. The molecular weight excluding hydrogens is 244 g/mol. The monoisotopic (exact) mass is 260 g/mol. The highest BCUT2D eigenvalue weighted by Gasteiger charge is 2.24. The third kappa shape index (κ3) is 3.48. The second-order valence-corrected chi connectivity index (χ2v) is 4.59. The van der Waals surface area contributed by atoms with Crippen molar-refractivity contribution in [3.63, 3.8) is 0 Å². The molecule has 100 valence electrons. The van der Waals surface area contributed by atoms with Crippen molar-refractivity contribution in [1.82, 2.24) is 10.2 Å². The van der Waals surface area contributed by atoms with Gasteiger partial charge in [-0.25, -0.2) is 0 Å². The molecule has 5 nitrogen and oxygen atoms in total. The quantitative estimate of drug-likeness (QED) is 0.628. The van der Waals surface area contributed by atoms with Crippen molar-refractivity contribution in [3.05, 3.63) is 35.4 Å². The summed E-state index contributed by atoms with van der Waals surface area (Å²) in [5, 5.41) is 2.21. The van der Waals surface area contributed by atoms with Crippen molar-refractivity contribution in [2.45, 2.75) is 13.3 Å². The van der Waals surface area contributed by atoms with Crippen molar-refractivity contribution in [2.75, 3.05) is 19.6 Å². The number of Topliss-reactive ketones (excluding diaryl/α,β-unsaturated/α-hetero) is 1. The van der Waals surface area contributed by atoms with Gasteiger partial charge in [0, 0.05) is 5.56 Å². The van der Waals surface area contributed by atoms with Crippen LogP contribution in [0.5, 0.6) is 0 Å². The number of carbonyl (C=O) groups excluding carboxylic acids is 3. The predicted molar refractivity (Wildman–Crippen MR) is 69.7 cm³/mol. The number of hydrogen-bond donors (Lipinski definition) is 1. The number of piperazine rings is 1. The minimum absolute atomic E-state index is 0.0786. The number of nitrogens with zero attached hydrogens (tertiary/aromatic N) is 1. The number of amides is 2. The molecule has 1 aromatic carbocycles. The van der Waals surface area contributed by atoms with Gasteiger partial charge in [-0.15, -0.1) is 0 Å². The van der Waals surface area contributed by atoms with E-state index in [-0.39, 0.29) is 37.2 Å². The molecule has 2 amide bonds. The summed E-state index contributed by atoms with van der Waals surface area (Å²) in [5.41, 5.74) is 1.78. The molecule has 0 unspecified atom stereocenters. The first-order valence-corrected chi connectivity index (χ1v) is 6.25. The summed E-state index contributed by atoms with van der Waals surface area (Å²) >= 11 is 0. The topological polar surface area (TPSA) is 66.5 Å². The summed E-state index contributed by atoms with van der Waals surface area (Å²) in [6.45, 7) is 2.31. The Morgan fingerprint density at radius 3 is 2.26 bits per heavy atom. The van der Waals surface area contributed by atoms with Crippen LogP contribution in [0.1, 0.15) is 22.8 Å². The summed E-state index contributed by atoms with van der Waals surface area (Å²) in [4.78, 5) is 36.0. The van der Waals surface area contributed by atoms with E-state index in [2.05, 4.69) is 12.2 Å². The fourth-order valence-electron chi connectivity index (χ4n) is 2.03. The molecule has 0 aromatic heterocycles. The molecule has 1 saturated heterocycles. The summed E-state index contributed by atoms with van der Waals surface area (Å²) in [7, 11) is 0. The summed E-state index contributed by atoms with van der Waals surface area (Å²) in [6, 6.07) is 7.41. The molecule has 0 atom stereocenters. The average molecular weight is 260 g/mol. The van der Waals surface area contributed by atoms with E-state index in [4.69, 9.17) is 0 Å². The summed E-state index contributed by atoms with van der Waals surface area (Å²) in [5.74, 6) is -0.791. The van der Waals surface area contributed by atoms with Crippen molar-refractivity contribution < 1.29 is 14.4 Å². The van der Waals surface area contributed by atoms with Gasteiger partial charge in [-0.3, -0.25) is 24.6 Å². The van der Waals surface area contributed by atoms with Crippen LogP contribution in [0.15, 0.2) is 24.3 Å². The summed E-state index contributed by atoms with van der Waals surface area (Å²) in [6.07, 6.45) is 0.926. The van der Waals surface area contributed by atoms with Crippen LogP contribution in [0.2, 0.25) is 0 Å². The maximum Gasteiger partial charge on any atom is 0.240 e. The number of benzene rings is 1. The standard InChI is InChI=1S/C14H16N2O3/c1-2-10-3-5-11(6-4-10)12(17)7-16-8-13(18)15-14(19)9-16/h3-6H,2,7-9H2,1H3,(H,15,18,19). The molecule has 5 heteroatoms. The Balaban J connectivity index is 1.99. The van der Waals surface area contributed by atoms with Crippen LogP contribution in [-0.4, -0.2) is 42.1 Å². The van der Waals surface area contributed by atoms with E-state index in [0.717, 1.165) is 6.42 Å². The lowest BCUT2D eigenvalue weighted by Gasteiger charge is -2.24. The van der Waals surface area contributed by atoms with Crippen LogP contribution >= 0.6 is 0 Å². The first-order chi connectivity index (χ1) is 9.08. The predicted octanol–water partition coefficient (Wildman–Crippen LogP) is 0.390. The van der Waals surface area contributed by atoms with Gasteiger partial charge in [-0.2, -0.15) is 0 Å². The van der Waals surface area contributed by atoms with E-state index < -0.39 is 0 Å². The second kappa shape index (κ2) is 5.75. The Morgan fingerprint density at radius 1 is 1.16 bits per heavy atom. The normalized spacial score (nSPS) is 16.3. The molecule has 19 heavy (non-hydrogen) atoms. The van der Waals surface area contributed by atoms with E-state index in [1.165, 1.54) is 5.56 Å². The van der Waals surface area contributed by atoms with Gasteiger partial charge in [-0.1, -0.05) is 31.2 Å². The number of nitrogens with one attached hydrogen (secondary N) is 1. The maximum atomic E-state index is 12.0. The smallest absolute Gasteiger partial charge is 0.240 e. The SMILES string of the molecule is CCc1ccc(C(=O)CN2CC(=O)NC(=O)C2)cc1. The molecule has 0 spiro atoms. The van der Waals surface area contributed by atoms with Gasteiger partial charge in [0.2, 0.25) is 11.8 Å². The van der Waals surface area contributed by atoms with Gasteiger partial charge in [0.25, 0.3) is 0 Å². The Kier molecular flexibility index (Phi) is 4.06. The number of aryl methyl sites for hydroxylation is 1. The Hall–Kier alpha value is -2.01. The van der Waals surface area contributed by atoms with Crippen molar-refractivity contribution in [3.8, 4) is 0 Å². The second-order valence-electron chi connectivity index (χ2n) is 4.59. The zero-order valence-electron chi connectivity index (χ0n) is 10.8. The Morgan fingerprint density at radius 2 is 1.74 bits per heavy atom. The lowest BCUT2D eigenvalue weighted by molar-refractivity contribution is -0.135. The number of carbonyl (C=O) groups is 3. The molecule has 1 fully saturated rings. The van der Waals surface area contributed by atoms with Gasteiger partial charge in [0.15, 0.2) is 5.78 Å². The van der Waals surface area contributed by atoms with Crippen LogP contribution in [-0.2, 0) is 16.0 Å². The van der Waals surface area contributed by atoms with Crippen LogP contribution in [0.25, 0.3) is 0 Å². The van der Waals surface area contributed by atoms with Crippen LogP contribution in [0.3, 0.4) is 0 Å². The molecule has 1 heterocycles. The first kappa shape index (κ1) is 13.4. The van der Waals surface area contributed by atoms with Gasteiger partial charge in [0.05, 0.1) is 19.6 Å². The summed E-state index contributed by atoms with van der Waals surface area (Å²) < 4.78 is 0. The minimum atomic E-state index is -0.356. The van der Waals surface area contributed by atoms with E-state index in [1.807, 2.05) is 12.1 Å². The molecular formula is C14H16N2O3. The molecule has 0 bridgehead atoms. The largest absolute Gasteiger partial charge is 0.294 e. The molecule has 1 aliphatic rings.